The average molecular weight is 271 g/mol. The summed E-state index contributed by atoms with van der Waals surface area (Å²) in [6.45, 7) is 1.12. The third kappa shape index (κ3) is 3.65. The van der Waals surface area contributed by atoms with Gasteiger partial charge in [-0.1, -0.05) is 18.2 Å². The highest BCUT2D eigenvalue weighted by molar-refractivity contribution is 5.94. The molecule has 0 atom stereocenters. The average Bonchev–Trinajstić information content (AvgIpc) is 2.46. The Bertz CT molecular complexity index is 585. The van der Waals surface area contributed by atoms with E-state index in [-0.39, 0.29) is 0 Å². The number of hydrogen-bond acceptors (Lipinski definition) is 4. The predicted molar refractivity (Wildman–Crippen MR) is 79.8 cm³/mol. The number of nitrogen functional groups attached to an aromatic ring is 1. The van der Waals surface area contributed by atoms with Crippen LogP contribution < -0.4 is 21.5 Å². The second-order valence-corrected chi connectivity index (χ2v) is 4.25. The molecule has 0 spiro atoms. The molecule has 0 radical (unpaired) electrons. The minimum atomic E-state index is -0.490. The zero-order valence-corrected chi connectivity index (χ0v) is 11.0. The van der Waals surface area contributed by atoms with E-state index < -0.39 is 5.91 Å². The third-order valence-electron chi connectivity index (χ3n) is 2.77. The van der Waals surface area contributed by atoms with Gasteiger partial charge in [0.25, 0.3) is 0 Å². The fraction of sp³-hybridized carbons (Fsp3) is 0.133. The number of primary amides is 1. The van der Waals surface area contributed by atoms with Gasteiger partial charge in [0.05, 0.1) is 11.4 Å². The molecule has 1 amide bonds. The van der Waals surface area contributed by atoms with Gasteiger partial charge in [-0.05, 0) is 30.3 Å². The molecule has 20 heavy (non-hydrogen) atoms. The van der Waals surface area contributed by atoms with Gasteiger partial charge in [0.2, 0.25) is 5.91 Å². The maximum absolute atomic E-state index is 11.0. The van der Waals surface area contributed by atoms with Gasteiger partial charge in [-0.25, -0.2) is 0 Å². The van der Waals surface area contributed by atoms with E-state index in [4.69, 9.17) is 16.2 Å². The maximum Gasteiger partial charge on any atom is 0.248 e. The largest absolute Gasteiger partial charge is 0.492 e. The second kappa shape index (κ2) is 6.47. The SMILES string of the molecule is NC(=O)c1ccc(NCCOc2ccccc2)c(N)c1. The molecule has 0 aliphatic rings. The topological polar surface area (TPSA) is 90.4 Å². The van der Waals surface area contributed by atoms with Crippen LogP contribution in [0.2, 0.25) is 0 Å². The first kappa shape index (κ1) is 13.7. The first-order valence-electron chi connectivity index (χ1n) is 6.28. The van der Waals surface area contributed by atoms with E-state index in [1.165, 1.54) is 0 Å². The zero-order chi connectivity index (χ0) is 14.4. The molecule has 2 rings (SSSR count). The Balaban J connectivity index is 1.84. The van der Waals surface area contributed by atoms with Crippen molar-refractivity contribution in [3.8, 4) is 5.75 Å². The number of benzene rings is 2. The van der Waals surface area contributed by atoms with Crippen LogP contribution in [0, 0.1) is 0 Å². The van der Waals surface area contributed by atoms with Gasteiger partial charge >= 0.3 is 0 Å². The third-order valence-corrected chi connectivity index (χ3v) is 2.77. The zero-order valence-electron chi connectivity index (χ0n) is 11.0. The monoisotopic (exact) mass is 271 g/mol. The molecule has 0 aromatic heterocycles. The number of hydrogen-bond donors (Lipinski definition) is 3. The number of nitrogens with one attached hydrogen (secondary N) is 1. The van der Waals surface area contributed by atoms with E-state index in [9.17, 15) is 4.79 Å². The lowest BCUT2D eigenvalue weighted by atomic mass is 10.1. The van der Waals surface area contributed by atoms with Crippen molar-refractivity contribution in [1.29, 1.82) is 0 Å². The first-order chi connectivity index (χ1) is 9.66. The van der Waals surface area contributed by atoms with Gasteiger partial charge in [0.1, 0.15) is 12.4 Å². The summed E-state index contributed by atoms with van der Waals surface area (Å²) < 4.78 is 5.55. The lowest BCUT2D eigenvalue weighted by Gasteiger charge is -2.11. The van der Waals surface area contributed by atoms with Crippen LogP contribution in [-0.2, 0) is 0 Å². The Kier molecular flexibility index (Phi) is 4.44. The van der Waals surface area contributed by atoms with Crippen molar-refractivity contribution in [3.05, 3.63) is 54.1 Å². The van der Waals surface area contributed by atoms with Gasteiger partial charge in [-0.15, -0.1) is 0 Å². The van der Waals surface area contributed by atoms with Crippen LogP contribution in [0.3, 0.4) is 0 Å². The van der Waals surface area contributed by atoms with E-state index in [0.717, 1.165) is 11.4 Å². The molecule has 104 valence electrons. The smallest absolute Gasteiger partial charge is 0.248 e. The van der Waals surface area contributed by atoms with Crippen molar-refractivity contribution in [2.45, 2.75) is 0 Å². The van der Waals surface area contributed by atoms with Crippen LogP contribution >= 0.6 is 0 Å². The van der Waals surface area contributed by atoms with Gasteiger partial charge < -0.3 is 21.5 Å². The fourth-order valence-electron chi connectivity index (χ4n) is 1.75. The van der Waals surface area contributed by atoms with E-state index >= 15 is 0 Å². The Morgan fingerprint density at radius 3 is 2.55 bits per heavy atom. The number of carbonyl (C=O) groups is 1. The fourth-order valence-corrected chi connectivity index (χ4v) is 1.75. The molecule has 0 fully saturated rings. The van der Waals surface area contributed by atoms with Crippen molar-refractivity contribution < 1.29 is 9.53 Å². The highest BCUT2D eigenvalue weighted by atomic mass is 16.5. The Morgan fingerprint density at radius 1 is 1.15 bits per heavy atom. The van der Waals surface area contributed by atoms with Crippen molar-refractivity contribution in [2.24, 2.45) is 5.73 Å². The Morgan fingerprint density at radius 2 is 1.90 bits per heavy atom. The van der Waals surface area contributed by atoms with Crippen LogP contribution in [-0.4, -0.2) is 19.1 Å². The van der Waals surface area contributed by atoms with E-state index in [1.807, 2.05) is 30.3 Å². The van der Waals surface area contributed by atoms with Gasteiger partial charge in [0.15, 0.2) is 0 Å². The Hall–Kier alpha value is -2.69. The van der Waals surface area contributed by atoms with Crippen molar-refractivity contribution in [3.63, 3.8) is 0 Å². The molecule has 5 nitrogen and oxygen atoms in total. The molecular formula is C15H17N3O2. The summed E-state index contributed by atoms with van der Waals surface area (Å²) in [6.07, 6.45) is 0. The predicted octanol–water partition coefficient (Wildman–Crippen LogP) is 1.86. The molecular weight excluding hydrogens is 254 g/mol. The molecule has 0 saturated heterocycles. The van der Waals surface area contributed by atoms with Crippen molar-refractivity contribution in [1.82, 2.24) is 0 Å². The Labute approximate surface area is 117 Å². The highest BCUT2D eigenvalue weighted by Crippen LogP contribution is 2.19. The standard InChI is InChI=1S/C15H17N3O2/c16-13-10-11(15(17)19)6-7-14(13)18-8-9-20-12-4-2-1-3-5-12/h1-7,10,18H,8-9,16H2,(H2,17,19). The molecule has 0 heterocycles. The second-order valence-electron chi connectivity index (χ2n) is 4.25. The van der Waals surface area contributed by atoms with E-state index in [0.29, 0.717) is 24.4 Å². The highest BCUT2D eigenvalue weighted by Gasteiger charge is 2.04. The summed E-state index contributed by atoms with van der Waals surface area (Å²) in [6, 6.07) is 14.5. The number of amides is 1. The first-order valence-corrected chi connectivity index (χ1v) is 6.28. The number of carbonyl (C=O) groups excluding carboxylic acids is 1. The van der Waals surface area contributed by atoms with Crippen LogP contribution in [0.1, 0.15) is 10.4 Å². The van der Waals surface area contributed by atoms with Crippen LogP contribution in [0.5, 0.6) is 5.75 Å². The normalized spacial score (nSPS) is 10.0. The van der Waals surface area contributed by atoms with Crippen molar-refractivity contribution in [2.75, 3.05) is 24.2 Å². The summed E-state index contributed by atoms with van der Waals surface area (Å²) in [7, 11) is 0. The van der Waals surface area contributed by atoms with Gasteiger partial charge in [0, 0.05) is 12.1 Å². The molecule has 2 aromatic carbocycles. The minimum Gasteiger partial charge on any atom is -0.492 e. The summed E-state index contributed by atoms with van der Waals surface area (Å²) in [5, 5.41) is 3.15. The molecule has 0 bridgehead atoms. The number of rotatable bonds is 6. The lowest BCUT2D eigenvalue weighted by molar-refractivity contribution is 0.100. The number of ether oxygens (including phenoxy) is 1. The number of para-hydroxylation sites is 1. The van der Waals surface area contributed by atoms with E-state index in [1.54, 1.807) is 18.2 Å². The van der Waals surface area contributed by atoms with Gasteiger partial charge in [-0.3, -0.25) is 4.79 Å². The number of nitrogens with two attached hydrogens (primary N) is 2. The molecule has 2 aromatic rings. The minimum absolute atomic E-state index is 0.397. The maximum atomic E-state index is 11.0. The van der Waals surface area contributed by atoms with Crippen molar-refractivity contribution >= 4 is 17.3 Å². The van der Waals surface area contributed by atoms with Gasteiger partial charge in [-0.2, -0.15) is 0 Å². The summed E-state index contributed by atoms with van der Waals surface area (Å²) >= 11 is 0. The van der Waals surface area contributed by atoms with Crippen LogP contribution in [0.25, 0.3) is 0 Å². The quantitative estimate of drug-likeness (QED) is 0.552. The molecule has 0 unspecified atom stereocenters. The summed E-state index contributed by atoms with van der Waals surface area (Å²) in [4.78, 5) is 11.0. The molecule has 0 aliphatic carbocycles. The van der Waals surface area contributed by atoms with E-state index in [2.05, 4.69) is 5.32 Å². The molecule has 5 heteroatoms. The van der Waals surface area contributed by atoms with Crippen LogP contribution in [0.15, 0.2) is 48.5 Å². The molecule has 0 saturated carbocycles. The summed E-state index contributed by atoms with van der Waals surface area (Å²) in [5.74, 6) is 0.335. The molecule has 0 aliphatic heterocycles. The summed E-state index contributed by atoms with van der Waals surface area (Å²) in [5.41, 5.74) is 12.7. The number of anilines is 2. The molecule has 5 N–H and O–H groups in total. The lowest BCUT2D eigenvalue weighted by Crippen LogP contribution is -2.14. The van der Waals surface area contributed by atoms with Crippen LogP contribution in [0.4, 0.5) is 11.4 Å².